The maximum absolute atomic E-state index is 13.4. The van der Waals surface area contributed by atoms with Crippen molar-refractivity contribution in [3.63, 3.8) is 0 Å². The summed E-state index contributed by atoms with van der Waals surface area (Å²) in [4.78, 5) is 11.2. The van der Waals surface area contributed by atoms with E-state index in [-0.39, 0.29) is 17.5 Å². The Morgan fingerprint density at radius 1 is 1.29 bits per heavy atom. The molecule has 1 nitrogen and oxygen atoms in total. The summed E-state index contributed by atoms with van der Waals surface area (Å²) in [7, 11) is 0. The number of rotatable bonds is 1. The predicted octanol–water partition coefficient (Wildman–Crippen LogP) is 3.05. The minimum atomic E-state index is -0.174. The molecule has 0 saturated heterocycles. The quantitative estimate of drug-likeness (QED) is 0.668. The van der Waals surface area contributed by atoms with Crippen molar-refractivity contribution in [1.29, 1.82) is 0 Å². The SMILES string of the molecule is O=C1CCC[C@@H](c2ccccc2F)C1. The topological polar surface area (TPSA) is 17.1 Å². The van der Waals surface area contributed by atoms with Gasteiger partial charge in [0.05, 0.1) is 0 Å². The molecule has 14 heavy (non-hydrogen) atoms. The molecule has 1 fully saturated rings. The van der Waals surface area contributed by atoms with E-state index >= 15 is 0 Å². The van der Waals surface area contributed by atoms with Gasteiger partial charge >= 0.3 is 0 Å². The second-order valence-corrected chi connectivity index (χ2v) is 3.85. The highest BCUT2D eigenvalue weighted by Gasteiger charge is 2.22. The van der Waals surface area contributed by atoms with Gasteiger partial charge < -0.3 is 0 Å². The predicted molar refractivity (Wildman–Crippen MR) is 52.6 cm³/mol. The second-order valence-electron chi connectivity index (χ2n) is 3.85. The van der Waals surface area contributed by atoms with Crippen LogP contribution in [0.25, 0.3) is 0 Å². The van der Waals surface area contributed by atoms with E-state index < -0.39 is 0 Å². The molecule has 0 unspecified atom stereocenters. The highest BCUT2D eigenvalue weighted by atomic mass is 19.1. The summed E-state index contributed by atoms with van der Waals surface area (Å²) < 4.78 is 13.4. The lowest BCUT2D eigenvalue weighted by atomic mass is 9.83. The summed E-state index contributed by atoms with van der Waals surface area (Å²) >= 11 is 0. The van der Waals surface area contributed by atoms with Crippen molar-refractivity contribution in [2.45, 2.75) is 31.6 Å². The van der Waals surface area contributed by atoms with Crippen LogP contribution in [0.4, 0.5) is 4.39 Å². The van der Waals surface area contributed by atoms with Crippen molar-refractivity contribution < 1.29 is 9.18 Å². The third-order valence-electron chi connectivity index (χ3n) is 2.83. The van der Waals surface area contributed by atoms with Crippen molar-refractivity contribution in [3.8, 4) is 0 Å². The molecule has 74 valence electrons. The van der Waals surface area contributed by atoms with Gasteiger partial charge in [-0.3, -0.25) is 4.79 Å². The summed E-state index contributed by atoms with van der Waals surface area (Å²) in [6.07, 6.45) is 3.02. The minimum absolute atomic E-state index is 0.109. The molecule has 0 amide bonds. The van der Waals surface area contributed by atoms with Crippen LogP contribution in [0.15, 0.2) is 24.3 Å². The highest BCUT2D eigenvalue weighted by Crippen LogP contribution is 2.31. The van der Waals surface area contributed by atoms with Gasteiger partial charge in [-0.05, 0) is 30.4 Å². The first-order chi connectivity index (χ1) is 6.77. The average molecular weight is 192 g/mol. The fourth-order valence-electron chi connectivity index (χ4n) is 2.10. The molecule has 0 aliphatic heterocycles. The van der Waals surface area contributed by atoms with Crippen molar-refractivity contribution in [1.82, 2.24) is 0 Å². The van der Waals surface area contributed by atoms with E-state index in [0.717, 1.165) is 12.8 Å². The molecule has 0 bridgehead atoms. The van der Waals surface area contributed by atoms with E-state index in [1.807, 2.05) is 6.07 Å². The maximum atomic E-state index is 13.4. The number of benzene rings is 1. The van der Waals surface area contributed by atoms with E-state index in [4.69, 9.17) is 0 Å². The van der Waals surface area contributed by atoms with Gasteiger partial charge in [-0.15, -0.1) is 0 Å². The number of ketones is 1. The molecule has 0 N–H and O–H groups in total. The summed E-state index contributed by atoms with van der Waals surface area (Å²) in [5, 5.41) is 0. The molecule has 1 aromatic rings. The largest absolute Gasteiger partial charge is 0.300 e. The molecule has 1 aliphatic carbocycles. The Hall–Kier alpha value is -1.18. The summed E-state index contributed by atoms with van der Waals surface area (Å²) in [5.41, 5.74) is 0.709. The molecule has 1 saturated carbocycles. The number of Topliss-reactive ketones (excluding diaryl/α,β-unsaturated/α-hetero) is 1. The molecule has 1 atom stereocenters. The lowest BCUT2D eigenvalue weighted by Crippen LogP contribution is -2.14. The van der Waals surface area contributed by atoms with Crippen LogP contribution in [0.1, 0.15) is 37.2 Å². The Bertz CT molecular complexity index is 346. The smallest absolute Gasteiger partial charge is 0.133 e. The van der Waals surface area contributed by atoms with Crippen molar-refractivity contribution in [3.05, 3.63) is 35.6 Å². The van der Waals surface area contributed by atoms with Crippen LogP contribution in [0.5, 0.6) is 0 Å². The summed E-state index contributed by atoms with van der Waals surface area (Å²) in [5.74, 6) is 0.203. The molecular formula is C12H13FO. The third kappa shape index (κ3) is 1.84. The maximum Gasteiger partial charge on any atom is 0.133 e. The van der Waals surface area contributed by atoms with Crippen molar-refractivity contribution in [2.75, 3.05) is 0 Å². The zero-order valence-corrected chi connectivity index (χ0v) is 8.00. The molecule has 0 heterocycles. The van der Waals surface area contributed by atoms with Gasteiger partial charge in [-0.2, -0.15) is 0 Å². The Labute approximate surface area is 82.9 Å². The average Bonchev–Trinajstić information content (AvgIpc) is 2.18. The number of carbonyl (C=O) groups excluding carboxylic acids is 1. The molecule has 2 rings (SSSR count). The van der Waals surface area contributed by atoms with Gasteiger partial charge in [0, 0.05) is 12.8 Å². The lowest BCUT2D eigenvalue weighted by molar-refractivity contribution is -0.120. The lowest BCUT2D eigenvalue weighted by Gasteiger charge is -2.21. The van der Waals surface area contributed by atoms with E-state index in [0.29, 0.717) is 18.4 Å². The van der Waals surface area contributed by atoms with E-state index in [1.54, 1.807) is 12.1 Å². The molecule has 1 aromatic carbocycles. The Kier molecular flexibility index (Phi) is 2.62. The van der Waals surface area contributed by atoms with Gasteiger partial charge in [0.15, 0.2) is 0 Å². The van der Waals surface area contributed by atoms with Crippen LogP contribution in [0, 0.1) is 5.82 Å². The first-order valence-corrected chi connectivity index (χ1v) is 5.03. The standard InChI is InChI=1S/C12H13FO/c13-12-7-2-1-6-11(12)9-4-3-5-10(14)8-9/h1-2,6-7,9H,3-5,8H2/t9-/m1/s1. The van der Waals surface area contributed by atoms with Crippen LogP contribution >= 0.6 is 0 Å². The number of halogens is 1. The molecule has 0 aromatic heterocycles. The van der Waals surface area contributed by atoms with Gasteiger partial charge in [0.1, 0.15) is 11.6 Å². The fourth-order valence-corrected chi connectivity index (χ4v) is 2.10. The van der Waals surface area contributed by atoms with Crippen LogP contribution < -0.4 is 0 Å². The molecular weight excluding hydrogens is 179 g/mol. The summed E-state index contributed by atoms with van der Waals surface area (Å²) in [6, 6.07) is 6.77. The van der Waals surface area contributed by atoms with E-state index in [9.17, 15) is 9.18 Å². The van der Waals surface area contributed by atoms with E-state index in [2.05, 4.69) is 0 Å². The van der Waals surface area contributed by atoms with Gasteiger partial charge in [0.2, 0.25) is 0 Å². The van der Waals surface area contributed by atoms with Crippen molar-refractivity contribution in [2.24, 2.45) is 0 Å². The monoisotopic (exact) mass is 192 g/mol. The zero-order chi connectivity index (χ0) is 9.97. The molecule has 0 spiro atoms. The molecule has 2 heteroatoms. The van der Waals surface area contributed by atoms with Crippen LogP contribution in [-0.4, -0.2) is 5.78 Å². The number of hydrogen-bond acceptors (Lipinski definition) is 1. The normalized spacial score (nSPS) is 22.4. The summed E-state index contributed by atoms with van der Waals surface area (Å²) in [6.45, 7) is 0. The van der Waals surface area contributed by atoms with Gasteiger partial charge in [-0.25, -0.2) is 4.39 Å². The zero-order valence-electron chi connectivity index (χ0n) is 8.00. The van der Waals surface area contributed by atoms with Crippen LogP contribution in [0.3, 0.4) is 0 Å². The Balaban J connectivity index is 2.22. The number of hydrogen-bond donors (Lipinski definition) is 0. The number of carbonyl (C=O) groups is 1. The first-order valence-electron chi connectivity index (χ1n) is 5.03. The first kappa shape index (κ1) is 9.38. The van der Waals surface area contributed by atoms with Crippen LogP contribution in [0.2, 0.25) is 0 Å². The van der Waals surface area contributed by atoms with Crippen molar-refractivity contribution >= 4 is 5.78 Å². The Morgan fingerprint density at radius 3 is 2.79 bits per heavy atom. The Morgan fingerprint density at radius 2 is 2.07 bits per heavy atom. The van der Waals surface area contributed by atoms with E-state index in [1.165, 1.54) is 6.07 Å². The fraction of sp³-hybridized carbons (Fsp3) is 0.417. The van der Waals surface area contributed by atoms with Gasteiger partial charge in [0.25, 0.3) is 0 Å². The molecule has 1 aliphatic rings. The second kappa shape index (κ2) is 3.91. The van der Waals surface area contributed by atoms with Crippen LogP contribution in [-0.2, 0) is 4.79 Å². The van der Waals surface area contributed by atoms with Gasteiger partial charge in [-0.1, -0.05) is 18.2 Å². The third-order valence-corrected chi connectivity index (χ3v) is 2.83. The highest BCUT2D eigenvalue weighted by molar-refractivity contribution is 5.80. The minimum Gasteiger partial charge on any atom is -0.300 e. The molecule has 0 radical (unpaired) electrons.